The van der Waals surface area contributed by atoms with Crippen molar-refractivity contribution in [2.45, 2.75) is 36.5 Å². The van der Waals surface area contributed by atoms with E-state index in [1.54, 1.807) is 0 Å². The number of anilines is 1. The van der Waals surface area contributed by atoms with E-state index in [9.17, 15) is 36.0 Å². The number of hydrogen-bond donors (Lipinski definition) is 2. The molecule has 1 saturated heterocycles. The summed E-state index contributed by atoms with van der Waals surface area (Å²) in [4.78, 5) is 40.2. The third-order valence-electron chi connectivity index (χ3n) is 5.13. The molecule has 32 heavy (non-hydrogen) atoms. The summed E-state index contributed by atoms with van der Waals surface area (Å²) in [6.07, 6.45) is -3.21. The summed E-state index contributed by atoms with van der Waals surface area (Å²) in [6.45, 7) is 0.102. The number of sulfonamides is 1. The number of nitrogens with zero attached hydrogens (tertiary/aromatic N) is 2. The van der Waals surface area contributed by atoms with E-state index in [2.05, 4.69) is 15.0 Å². The smallest absolute Gasteiger partial charge is 0.322 e. The monoisotopic (exact) mass is 468 g/mol. The van der Waals surface area contributed by atoms with Gasteiger partial charge in [0.2, 0.25) is 11.8 Å². The predicted molar refractivity (Wildman–Crippen MR) is 103 cm³/mol. The Morgan fingerprint density at radius 2 is 1.88 bits per heavy atom. The largest absolute Gasteiger partial charge is 0.417 e. The summed E-state index contributed by atoms with van der Waals surface area (Å²) >= 11 is 0. The Morgan fingerprint density at radius 1 is 1.12 bits per heavy atom. The lowest BCUT2D eigenvalue weighted by Gasteiger charge is -2.29. The Balaban J connectivity index is 1.56. The SMILES string of the molecule is O=C1CCC(N2Cc3ccc(NS(=O)(=O)c4cncc(C(F)(F)F)c4)cc3C2=O)C(=O)N1. The van der Waals surface area contributed by atoms with Crippen LogP contribution >= 0.6 is 0 Å². The van der Waals surface area contributed by atoms with E-state index in [0.29, 0.717) is 17.8 Å². The van der Waals surface area contributed by atoms with Crippen LogP contribution in [0.4, 0.5) is 18.9 Å². The minimum absolute atomic E-state index is 0.0420. The van der Waals surface area contributed by atoms with Crippen LogP contribution in [0, 0.1) is 0 Å². The zero-order chi connectivity index (χ0) is 23.3. The van der Waals surface area contributed by atoms with Gasteiger partial charge < -0.3 is 4.90 Å². The number of carbonyl (C=O) groups excluding carboxylic acids is 3. The summed E-state index contributed by atoms with van der Waals surface area (Å²) in [7, 11) is -4.42. The molecule has 168 valence electrons. The zero-order valence-electron chi connectivity index (χ0n) is 16.1. The number of alkyl halides is 3. The minimum Gasteiger partial charge on any atom is -0.322 e. The Kier molecular flexibility index (Phi) is 5.15. The van der Waals surface area contributed by atoms with Crippen LogP contribution in [0.5, 0.6) is 0 Å². The molecule has 2 aromatic rings. The molecule has 2 aliphatic heterocycles. The van der Waals surface area contributed by atoms with Crippen molar-refractivity contribution in [2.24, 2.45) is 0 Å². The molecule has 3 heterocycles. The molecule has 1 unspecified atom stereocenters. The second-order valence-electron chi connectivity index (χ2n) is 7.28. The van der Waals surface area contributed by atoms with Gasteiger partial charge in [0.15, 0.2) is 0 Å². The summed E-state index contributed by atoms with van der Waals surface area (Å²) in [5.74, 6) is -1.52. The molecule has 0 saturated carbocycles. The number of aromatic nitrogens is 1. The molecule has 0 spiro atoms. The molecular formula is C19H15F3N4O5S. The Morgan fingerprint density at radius 3 is 2.56 bits per heavy atom. The van der Waals surface area contributed by atoms with Gasteiger partial charge in [0.1, 0.15) is 10.9 Å². The standard InChI is InChI=1S/C19H15F3N4O5S/c20-19(21,22)11-5-13(8-23-7-11)32(30,31)25-12-2-1-10-9-26(18(29)14(10)6-12)15-3-4-16(27)24-17(15)28/h1-2,5-8,15,25H,3-4,9H2,(H,24,27,28). The van der Waals surface area contributed by atoms with E-state index in [1.807, 2.05) is 0 Å². The topological polar surface area (TPSA) is 126 Å². The molecule has 3 amide bonds. The third-order valence-corrected chi connectivity index (χ3v) is 6.48. The van der Waals surface area contributed by atoms with Crippen LogP contribution in [0.1, 0.15) is 34.3 Å². The number of hydrogen-bond acceptors (Lipinski definition) is 6. The van der Waals surface area contributed by atoms with Crippen molar-refractivity contribution in [3.63, 3.8) is 0 Å². The molecule has 1 fully saturated rings. The molecule has 13 heteroatoms. The number of nitrogens with one attached hydrogen (secondary N) is 2. The number of pyridine rings is 1. The number of benzene rings is 1. The Hall–Kier alpha value is -3.48. The van der Waals surface area contributed by atoms with Crippen molar-refractivity contribution in [1.29, 1.82) is 0 Å². The van der Waals surface area contributed by atoms with Crippen molar-refractivity contribution in [3.8, 4) is 0 Å². The maximum Gasteiger partial charge on any atom is 0.417 e. The number of halogens is 3. The first-order valence-electron chi connectivity index (χ1n) is 9.28. The zero-order valence-corrected chi connectivity index (χ0v) is 17.0. The van der Waals surface area contributed by atoms with Crippen LogP contribution in [-0.2, 0) is 32.3 Å². The van der Waals surface area contributed by atoms with Gasteiger partial charge in [0, 0.05) is 36.6 Å². The fraction of sp³-hybridized carbons (Fsp3) is 0.263. The number of carbonyl (C=O) groups is 3. The molecule has 9 nitrogen and oxygen atoms in total. The van der Waals surface area contributed by atoms with Gasteiger partial charge in [0.05, 0.1) is 5.56 Å². The Labute approximate surface area is 179 Å². The second-order valence-corrected chi connectivity index (χ2v) is 8.97. The fourth-order valence-corrected chi connectivity index (χ4v) is 4.59. The number of piperidine rings is 1. The first-order valence-corrected chi connectivity index (χ1v) is 10.8. The van der Waals surface area contributed by atoms with Gasteiger partial charge in [0.25, 0.3) is 15.9 Å². The lowest BCUT2D eigenvalue weighted by Crippen LogP contribution is -2.52. The Bertz CT molecular complexity index is 1250. The van der Waals surface area contributed by atoms with Crippen molar-refractivity contribution >= 4 is 33.4 Å². The average Bonchev–Trinajstić information content (AvgIpc) is 3.03. The molecular weight excluding hydrogens is 453 g/mol. The average molecular weight is 468 g/mol. The van der Waals surface area contributed by atoms with Crippen LogP contribution in [0.2, 0.25) is 0 Å². The highest BCUT2D eigenvalue weighted by molar-refractivity contribution is 7.92. The lowest BCUT2D eigenvalue weighted by atomic mass is 10.0. The minimum atomic E-state index is -4.77. The van der Waals surface area contributed by atoms with Crippen LogP contribution in [0.15, 0.2) is 41.6 Å². The summed E-state index contributed by atoms with van der Waals surface area (Å²) in [5, 5.41) is 2.18. The normalized spacial score (nSPS) is 19.0. The highest BCUT2D eigenvalue weighted by Crippen LogP contribution is 2.32. The molecule has 2 N–H and O–H groups in total. The summed E-state index contributed by atoms with van der Waals surface area (Å²) < 4.78 is 65.9. The van der Waals surface area contributed by atoms with Gasteiger partial charge >= 0.3 is 6.18 Å². The van der Waals surface area contributed by atoms with Gasteiger partial charge in [-0.3, -0.25) is 29.4 Å². The molecule has 1 aromatic carbocycles. The fourth-order valence-electron chi connectivity index (χ4n) is 3.55. The molecule has 1 aromatic heterocycles. The second kappa shape index (κ2) is 7.58. The first kappa shape index (κ1) is 21.7. The molecule has 0 aliphatic carbocycles. The van der Waals surface area contributed by atoms with E-state index in [4.69, 9.17) is 0 Å². The molecule has 0 radical (unpaired) electrons. The van der Waals surface area contributed by atoms with E-state index in [0.717, 1.165) is 6.20 Å². The van der Waals surface area contributed by atoms with Gasteiger partial charge in [-0.2, -0.15) is 13.2 Å². The summed E-state index contributed by atoms with van der Waals surface area (Å²) in [5.41, 5.74) is -0.565. The highest BCUT2D eigenvalue weighted by atomic mass is 32.2. The molecule has 2 aliphatic rings. The van der Waals surface area contributed by atoms with Crippen molar-refractivity contribution < 1.29 is 36.0 Å². The van der Waals surface area contributed by atoms with Crippen molar-refractivity contribution in [2.75, 3.05) is 4.72 Å². The quantitative estimate of drug-likeness (QED) is 0.658. The first-order chi connectivity index (χ1) is 15.0. The van der Waals surface area contributed by atoms with Crippen molar-refractivity contribution in [3.05, 3.63) is 53.3 Å². The number of rotatable bonds is 4. The highest BCUT2D eigenvalue weighted by Gasteiger charge is 2.39. The van der Waals surface area contributed by atoms with Crippen LogP contribution < -0.4 is 10.0 Å². The predicted octanol–water partition coefficient (Wildman–Crippen LogP) is 1.66. The molecule has 0 bridgehead atoms. The maximum atomic E-state index is 12.9. The van der Waals surface area contributed by atoms with Crippen LogP contribution in [0.3, 0.4) is 0 Å². The lowest BCUT2D eigenvalue weighted by molar-refractivity contribution is -0.138. The van der Waals surface area contributed by atoms with Gasteiger partial charge in [-0.15, -0.1) is 0 Å². The van der Waals surface area contributed by atoms with E-state index < -0.39 is 50.4 Å². The van der Waals surface area contributed by atoms with Gasteiger partial charge in [-0.25, -0.2) is 8.42 Å². The molecule has 4 rings (SSSR count). The maximum absolute atomic E-state index is 12.9. The van der Waals surface area contributed by atoms with E-state index >= 15 is 0 Å². The third kappa shape index (κ3) is 4.02. The number of fused-ring (bicyclic) bond motifs is 1. The van der Waals surface area contributed by atoms with Gasteiger partial charge in [-0.1, -0.05) is 6.07 Å². The van der Waals surface area contributed by atoms with Gasteiger partial charge in [-0.05, 0) is 30.2 Å². The number of amides is 3. The number of imide groups is 1. The van der Waals surface area contributed by atoms with Crippen LogP contribution in [0.25, 0.3) is 0 Å². The van der Waals surface area contributed by atoms with E-state index in [-0.39, 0.29) is 30.6 Å². The van der Waals surface area contributed by atoms with Crippen molar-refractivity contribution in [1.82, 2.24) is 15.2 Å². The van der Waals surface area contributed by atoms with E-state index in [1.165, 1.54) is 23.1 Å². The molecule has 1 atom stereocenters. The summed E-state index contributed by atoms with van der Waals surface area (Å²) in [6, 6.07) is 3.73. The van der Waals surface area contributed by atoms with Crippen LogP contribution in [-0.4, -0.2) is 42.1 Å².